The van der Waals surface area contributed by atoms with Gasteiger partial charge in [0.2, 0.25) is 5.78 Å². The minimum Gasteiger partial charge on any atom is -0.287 e. The number of hydrogen-bond acceptors (Lipinski definition) is 2. The summed E-state index contributed by atoms with van der Waals surface area (Å²) in [6.45, 7) is 11.6. The van der Waals surface area contributed by atoms with E-state index in [0.29, 0.717) is 5.70 Å². The van der Waals surface area contributed by atoms with E-state index in [1.54, 1.807) is 19.2 Å². The lowest BCUT2D eigenvalue weighted by molar-refractivity contribution is 0.103. The van der Waals surface area contributed by atoms with Crippen molar-refractivity contribution in [3.63, 3.8) is 0 Å². The normalized spacial score (nSPS) is 11.1. The maximum absolute atomic E-state index is 12.2. The third kappa shape index (κ3) is 3.95. The van der Waals surface area contributed by atoms with E-state index in [1.807, 2.05) is 52.8 Å². The molecule has 1 aromatic rings. The molecule has 0 saturated heterocycles. The molecule has 2 nitrogen and oxygen atoms in total. The fourth-order valence-electron chi connectivity index (χ4n) is 1.54. The van der Waals surface area contributed by atoms with Crippen LogP contribution >= 0.6 is 0 Å². The van der Waals surface area contributed by atoms with E-state index in [2.05, 4.69) is 4.99 Å². The first kappa shape index (κ1) is 16.3. The monoisotopic (exact) mass is 245 g/mol. The fourth-order valence-corrected chi connectivity index (χ4v) is 1.54. The van der Waals surface area contributed by atoms with Crippen LogP contribution in [0.5, 0.6) is 0 Å². The molecule has 98 valence electrons. The Balaban J connectivity index is 0.00000137. The highest BCUT2D eigenvalue weighted by atomic mass is 16.1. The summed E-state index contributed by atoms with van der Waals surface area (Å²) in [5.41, 5.74) is 3.38. The zero-order valence-electron chi connectivity index (χ0n) is 12.2. The van der Waals surface area contributed by atoms with Crippen molar-refractivity contribution in [3.8, 4) is 0 Å². The number of rotatable bonds is 3. The van der Waals surface area contributed by atoms with Crippen molar-refractivity contribution in [1.29, 1.82) is 0 Å². The Kier molecular flexibility index (Phi) is 7.61. The number of nitrogens with zero attached hydrogens (tertiary/aromatic N) is 1. The van der Waals surface area contributed by atoms with Gasteiger partial charge in [0, 0.05) is 11.8 Å². The molecule has 2 heteroatoms. The average Bonchev–Trinajstić information content (AvgIpc) is 2.40. The topological polar surface area (TPSA) is 29.4 Å². The summed E-state index contributed by atoms with van der Waals surface area (Å²) in [4.78, 5) is 16.2. The molecule has 18 heavy (non-hydrogen) atoms. The van der Waals surface area contributed by atoms with Gasteiger partial charge in [-0.25, -0.2) is 0 Å². The molecule has 0 amide bonds. The zero-order chi connectivity index (χ0) is 14.1. The van der Waals surface area contributed by atoms with Crippen molar-refractivity contribution in [2.24, 2.45) is 4.99 Å². The minimum atomic E-state index is -0.0122. The molecule has 0 saturated carbocycles. The van der Waals surface area contributed by atoms with E-state index in [1.165, 1.54) is 0 Å². The standard InChI is InChI=1S/C14H17NO.C2H6/c1-5-13(15-6-2)14(16)12-9-7-8-10(3)11(12)4;1-2/h5-9H,1-4H3;1-2H3/b13-5-,15-6?;. The summed E-state index contributed by atoms with van der Waals surface area (Å²) >= 11 is 0. The van der Waals surface area contributed by atoms with Gasteiger partial charge in [-0.3, -0.25) is 9.79 Å². The van der Waals surface area contributed by atoms with Gasteiger partial charge in [-0.05, 0) is 38.8 Å². The Morgan fingerprint density at radius 3 is 2.28 bits per heavy atom. The lowest BCUT2D eigenvalue weighted by Crippen LogP contribution is -2.05. The molecule has 0 aliphatic rings. The van der Waals surface area contributed by atoms with Gasteiger partial charge < -0.3 is 0 Å². The number of carbonyl (C=O) groups is 1. The number of carbonyl (C=O) groups excluding carboxylic acids is 1. The Labute approximate surface area is 110 Å². The summed E-state index contributed by atoms with van der Waals surface area (Å²) in [5.74, 6) is -0.0122. The van der Waals surface area contributed by atoms with Crippen LogP contribution in [0.15, 0.2) is 35.0 Å². The molecule has 0 heterocycles. The Morgan fingerprint density at radius 2 is 1.78 bits per heavy atom. The van der Waals surface area contributed by atoms with E-state index < -0.39 is 0 Å². The van der Waals surface area contributed by atoms with Gasteiger partial charge in [0.15, 0.2) is 0 Å². The van der Waals surface area contributed by atoms with E-state index in [9.17, 15) is 4.79 Å². The molecule has 0 aromatic heterocycles. The highest BCUT2D eigenvalue weighted by molar-refractivity contribution is 6.10. The minimum absolute atomic E-state index is 0.0122. The second-order valence-electron chi connectivity index (χ2n) is 3.64. The van der Waals surface area contributed by atoms with Gasteiger partial charge in [0.1, 0.15) is 5.70 Å². The van der Waals surface area contributed by atoms with Crippen molar-refractivity contribution < 1.29 is 4.79 Å². The molecule has 1 rings (SSSR count). The van der Waals surface area contributed by atoms with Crippen molar-refractivity contribution in [3.05, 3.63) is 46.7 Å². The summed E-state index contributed by atoms with van der Waals surface area (Å²) < 4.78 is 0. The van der Waals surface area contributed by atoms with Crippen molar-refractivity contribution in [1.82, 2.24) is 0 Å². The largest absolute Gasteiger partial charge is 0.287 e. The molecular formula is C16H23NO. The number of Topliss-reactive ketones (excluding diaryl/α,β-unsaturated/α-hetero) is 1. The van der Waals surface area contributed by atoms with Crippen molar-refractivity contribution in [2.75, 3.05) is 0 Å². The highest BCUT2D eigenvalue weighted by Gasteiger charge is 2.13. The molecule has 0 bridgehead atoms. The van der Waals surface area contributed by atoms with Crippen molar-refractivity contribution in [2.45, 2.75) is 41.5 Å². The van der Waals surface area contributed by atoms with Crippen LogP contribution in [-0.4, -0.2) is 12.0 Å². The molecule has 0 radical (unpaired) electrons. The van der Waals surface area contributed by atoms with Crippen LogP contribution in [0, 0.1) is 13.8 Å². The van der Waals surface area contributed by atoms with Crippen molar-refractivity contribution >= 4 is 12.0 Å². The lowest BCUT2D eigenvalue weighted by Gasteiger charge is -2.07. The molecule has 0 aliphatic heterocycles. The number of hydrogen-bond donors (Lipinski definition) is 0. The van der Waals surface area contributed by atoms with Gasteiger partial charge in [-0.15, -0.1) is 0 Å². The van der Waals surface area contributed by atoms with Gasteiger partial charge in [0.05, 0.1) is 0 Å². The summed E-state index contributed by atoms with van der Waals surface area (Å²) in [7, 11) is 0. The van der Waals surface area contributed by atoms with E-state index in [-0.39, 0.29) is 5.78 Å². The quantitative estimate of drug-likeness (QED) is 0.438. The first-order chi connectivity index (χ1) is 8.61. The van der Waals surface area contributed by atoms with E-state index in [0.717, 1.165) is 16.7 Å². The van der Waals surface area contributed by atoms with Crippen LogP contribution in [0.25, 0.3) is 0 Å². The summed E-state index contributed by atoms with van der Waals surface area (Å²) in [6, 6.07) is 5.75. The van der Waals surface area contributed by atoms with Gasteiger partial charge >= 0.3 is 0 Å². The predicted molar refractivity (Wildman–Crippen MR) is 79.5 cm³/mol. The van der Waals surface area contributed by atoms with E-state index >= 15 is 0 Å². The van der Waals surface area contributed by atoms with Crippen LogP contribution in [0.4, 0.5) is 0 Å². The van der Waals surface area contributed by atoms with Crippen LogP contribution in [-0.2, 0) is 0 Å². The molecule has 0 spiro atoms. The summed E-state index contributed by atoms with van der Waals surface area (Å²) in [6.07, 6.45) is 3.38. The molecule has 0 unspecified atom stereocenters. The maximum Gasteiger partial charge on any atom is 0.211 e. The Hall–Kier alpha value is -1.70. The molecule has 0 aliphatic carbocycles. The molecule has 0 N–H and O–H groups in total. The first-order valence-electron chi connectivity index (χ1n) is 6.37. The Morgan fingerprint density at radius 1 is 1.17 bits per heavy atom. The highest BCUT2D eigenvalue weighted by Crippen LogP contribution is 2.17. The Bertz CT molecular complexity index is 456. The van der Waals surface area contributed by atoms with Crippen LogP contribution in [0.3, 0.4) is 0 Å². The maximum atomic E-state index is 12.2. The van der Waals surface area contributed by atoms with Gasteiger partial charge in [0.25, 0.3) is 0 Å². The lowest BCUT2D eigenvalue weighted by atomic mass is 9.99. The zero-order valence-corrected chi connectivity index (χ0v) is 12.2. The predicted octanol–water partition coefficient (Wildman–Crippen LogP) is 4.51. The number of allylic oxidation sites excluding steroid dienone is 2. The number of benzene rings is 1. The van der Waals surface area contributed by atoms with Crippen LogP contribution < -0.4 is 0 Å². The summed E-state index contributed by atoms with van der Waals surface area (Å²) in [5, 5.41) is 0. The molecular weight excluding hydrogens is 222 g/mol. The smallest absolute Gasteiger partial charge is 0.211 e. The first-order valence-corrected chi connectivity index (χ1v) is 6.37. The second kappa shape index (κ2) is 8.40. The van der Waals surface area contributed by atoms with Gasteiger partial charge in [-0.2, -0.15) is 0 Å². The fraction of sp³-hybridized carbons (Fsp3) is 0.375. The SMILES string of the molecule is CC.CC=N/C(=C\C)C(=O)c1cccc(C)c1C. The number of ketones is 1. The second-order valence-corrected chi connectivity index (χ2v) is 3.64. The number of aliphatic imine (C=N–C) groups is 1. The molecule has 0 fully saturated rings. The third-order valence-corrected chi connectivity index (χ3v) is 2.62. The third-order valence-electron chi connectivity index (χ3n) is 2.62. The van der Waals surface area contributed by atoms with E-state index in [4.69, 9.17) is 0 Å². The van der Waals surface area contributed by atoms with Gasteiger partial charge in [-0.1, -0.05) is 38.1 Å². The van der Waals surface area contributed by atoms with Crippen LogP contribution in [0.1, 0.15) is 49.2 Å². The number of aryl methyl sites for hydroxylation is 1. The molecule has 0 atom stereocenters. The molecule has 1 aromatic carbocycles. The van der Waals surface area contributed by atoms with Crippen LogP contribution in [0.2, 0.25) is 0 Å². The average molecular weight is 245 g/mol.